The van der Waals surface area contributed by atoms with Gasteiger partial charge in [-0.15, -0.1) is 11.3 Å². The molecule has 0 N–H and O–H groups in total. The Balaban J connectivity index is 1.83. The zero-order chi connectivity index (χ0) is 21.9. The lowest BCUT2D eigenvalue weighted by molar-refractivity contribution is -0.137. The smallest absolute Gasteiger partial charge is 0.416 e. The molecule has 2 aromatic carbocycles. The van der Waals surface area contributed by atoms with Crippen molar-refractivity contribution in [2.75, 3.05) is 0 Å². The van der Waals surface area contributed by atoms with E-state index in [2.05, 4.69) is 13.8 Å². The molecule has 0 amide bonds. The van der Waals surface area contributed by atoms with Gasteiger partial charge in [-0.2, -0.15) is 24.9 Å². The molecule has 0 aliphatic carbocycles. The number of ether oxygens (including phenoxy) is 1. The summed E-state index contributed by atoms with van der Waals surface area (Å²) in [5.74, 6) is 1.39. The molecule has 7 heteroatoms. The van der Waals surface area contributed by atoms with Crippen LogP contribution in [0.15, 0.2) is 48.5 Å². The lowest BCUT2D eigenvalue weighted by Crippen LogP contribution is -2.03. The van der Waals surface area contributed by atoms with Gasteiger partial charge < -0.3 is 4.74 Å². The van der Waals surface area contributed by atoms with E-state index in [1.54, 1.807) is 30.8 Å². The first kappa shape index (κ1) is 22.6. The first-order chi connectivity index (χ1) is 14.1. The Kier molecular flexibility index (Phi) is 7.03. The van der Waals surface area contributed by atoms with E-state index in [0.717, 1.165) is 38.8 Å². The summed E-state index contributed by atoms with van der Waals surface area (Å²) in [5, 5.41) is 12.0. The zero-order valence-corrected chi connectivity index (χ0v) is 18.5. The summed E-state index contributed by atoms with van der Waals surface area (Å²) in [4.78, 5) is 1.94. The minimum Gasteiger partial charge on any atom is -0.488 e. The second-order valence-corrected chi connectivity index (χ2v) is 9.91. The summed E-state index contributed by atoms with van der Waals surface area (Å²) in [7, 11) is 0. The van der Waals surface area contributed by atoms with Crippen molar-refractivity contribution in [3.63, 3.8) is 0 Å². The van der Waals surface area contributed by atoms with Crippen molar-refractivity contribution >= 4 is 23.1 Å². The third-order valence-corrected chi connectivity index (χ3v) is 6.83. The molecule has 30 heavy (non-hydrogen) atoms. The van der Waals surface area contributed by atoms with E-state index < -0.39 is 11.7 Å². The van der Waals surface area contributed by atoms with Gasteiger partial charge in [-0.05, 0) is 59.7 Å². The van der Waals surface area contributed by atoms with Crippen LogP contribution in [-0.2, 0) is 23.6 Å². The van der Waals surface area contributed by atoms with Gasteiger partial charge in [0.2, 0.25) is 0 Å². The molecule has 0 unspecified atom stereocenters. The Hall–Kier alpha value is -2.12. The van der Waals surface area contributed by atoms with Crippen LogP contribution in [0.25, 0.3) is 10.4 Å². The SMILES string of the molecule is Cc1cc(OCc2sc(-c3ccc(C(F)(F)F)cc3)cc2CSC(C)C)ccc1[O]. The Labute approximate surface area is 182 Å². The van der Waals surface area contributed by atoms with Crippen LogP contribution in [0, 0.1) is 6.92 Å². The number of aryl methyl sites for hydroxylation is 1. The van der Waals surface area contributed by atoms with Crippen LogP contribution >= 0.6 is 23.1 Å². The van der Waals surface area contributed by atoms with E-state index in [4.69, 9.17) is 4.74 Å². The highest BCUT2D eigenvalue weighted by Gasteiger charge is 2.30. The van der Waals surface area contributed by atoms with Crippen molar-refractivity contribution < 1.29 is 23.0 Å². The number of hydrogen-bond donors (Lipinski definition) is 0. The van der Waals surface area contributed by atoms with Crippen LogP contribution in [0.5, 0.6) is 11.5 Å². The van der Waals surface area contributed by atoms with Gasteiger partial charge in [-0.25, -0.2) is 0 Å². The van der Waals surface area contributed by atoms with Gasteiger partial charge in [0, 0.05) is 21.1 Å². The molecule has 3 aromatic rings. The van der Waals surface area contributed by atoms with E-state index in [0.29, 0.717) is 23.2 Å². The van der Waals surface area contributed by atoms with Gasteiger partial charge in [-0.1, -0.05) is 26.0 Å². The minimum absolute atomic E-state index is 0.0305. The minimum atomic E-state index is -4.34. The second kappa shape index (κ2) is 9.35. The fourth-order valence-electron chi connectivity index (χ4n) is 2.79. The number of alkyl halides is 3. The largest absolute Gasteiger partial charge is 0.488 e. The van der Waals surface area contributed by atoms with Crippen LogP contribution in [0.3, 0.4) is 0 Å². The molecule has 0 aliphatic rings. The maximum Gasteiger partial charge on any atom is 0.416 e. The average Bonchev–Trinajstić information content (AvgIpc) is 3.10. The summed E-state index contributed by atoms with van der Waals surface area (Å²) >= 11 is 3.32. The Bertz CT molecular complexity index is 993. The van der Waals surface area contributed by atoms with E-state index in [9.17, 15) is 18.3 Å². The monoisotopic (exact) mass is 451 g/mol. The van der Waals surface area contributed by atoms with Crippen molar-refractivity contribution in [1.29, 1.82) is 0 Å². The van der Waals surface area contributed by atoms with Crippen molar-refractivity contribution in [3.05, 3.63) is 70.1 Å². The fourth-order valence-corrected chi connectivity index (χ4v) is 4.76. The lowest BCUT2D eigenvalue weighted by Gasteiger charge is -2.09. The Morgan fingerprint density at radius 1 is 1.07 bits per heavy atom. The highest BCUT2D eigenvalue weighted by atomic mass is 32.2. The van der Waals surface area contributed by atoms with Crippen molar-refractivity contribution in [3.8, 4) is 21.9 Å². The van der Waals surface area contributed by atoms with Gasteiger partial charge >= 0.3 is 6.18 Å². The van der Waals surface area contributed by atoms with Crippen LogP contribution in [0.4, 0.5) is 13.2 Å². The molecule has 1 aromatic heterocycles. The predicted molar refractivity (Wildman–Crippen MR) is 117 cm³/mol. The standard InChI is InChI=1S/C23H22F3O2S2/c1-14(2)29-13-17-11-21(16-4-6-18(7-5-16)23(24,25)26)30-22(17)12-28-19-8-9-20(27)15(3)10-19/h4-11,14H,12-13H2,1-3H3. The van der Waals surface area contributed by atoms with Crippen LogP contribution in [0.1, 0.15) is 35.4 Å². The molecule has 0 bridgehead atoms. The molecule has 0 atom stereocenters. The van der Waals surface area contributed by atoms with Gasteiger partial charge in [0.25, 0.3) is 0 Å². The number of rotatable bonds is 7. The normalized spacial score (nSPS) is 11.8. The fraction of sp³-hybridized carbons (Fsp3) is 0.304. The van der Waals surface area contributed by atoms with E-state index >= 15 is 0 Å². The summed E-state index contributed by atoms with van der Waals surface area (Å²) in [5.41, 5.74) is 1.84. The topological polar surface area (TPSA) is 29.1 Å². The zero-order valence-electron chi connectivity index (χ0n) is 16.9. The predicted octanol–water partition coefficient (Wildman–Crippen LogP) is 8.11. The molecule has 2 nitrogen and oxygen atoms in total. The molecule has 1 radical (unpaired) electrons. The summed E-state index contributed by atoms with van der Waals surface area (Å²) < 4.78 is 44.4. The molecular weight excluding hydrogens is 429 g/mol. The lowest BCUT2D eigenvalue weighted by atomic mass is 10.1. The summed E-state index contributed by atoms with van der Waals surface area (Å²) in [6.07, 6.45) is -4.34. The quantitative estimate of drug-likeness (QED) is 0.363. The Morgan fingerprint density at radius 3 is 2.37 bits per heavy atom. The molecule has 3 rings (SSSR count). The van der Waals surface area contributed by atoms with E-state index in [-0.39, 0.29) is 5.75 Å². The number of halogens is 3. The average molecular weight is 452 g/mol. The van der Waals surface area contributed by atoms with Crippen LogP contribution in [-0.4, -0.2) is 5.25 Å². The maximum atomic E-state index is 12.8. The molecule has 1 heterocycles. The van der Waals surface area contributed by atoms with Gasteiger partial charge in [-0.3, -0.25) is 5.11 Å². The molecular formula is C23H22F3O2S2. The molecule has 0 saturated heterocycles. The highest BCUT2D eigenvalue weighted by Crippen LogP contribution is 2.37. The number of thiophene rings is 1. The Morgan fingerprint density at radius 2 is 1.77 bits per heavy atom. The first-order valence-corrected chi connectivity index (χ1v) is 11.3. The van der Waals surface area contributed by atoms with Gasteiger partial charge in [0.1, 0.15) is 12.4 Å². The van der Waals surface area contributed by atoms with Crippen molar-refractivity contribution in [1.82, 2.24) is 0 Å². The number of hydrogen-bond acceptors (Lipinski definition) is 3. The van der Waals surface area contributed by atoms with E-state index in [1.807, 2.05) is 6.07 Å². The number of thioether (sulfide) groups is 1. The third kappa shape index (κ3) is 5.73. The van der Waals surface area contributed by atoms with Crippen LogP contribution in [0.2, 0.25) is 0 Å². The molecule has 0 fully saturated rings. The summed E-state index contributed by atoms with van der Waals surface area (Å²) in [6, 6.07) is 12.1. The highest BCUT2D eigenvalue weighted by molar-refractivity contribution is 7.99. The van der Waals surface area contributed by atoms with E-state index in [1.165, 1.54) is 29.5 Å². The third-order valence-electron chi connectivity index (χ3n) is 4.48. The first-order valence-electron chi connectivity index (χ1n) is 9.45. The summed E-state index contributed by atoms with van der Waals surface area (Å²) in [6.45, 7) is 6.33. The van der Waals surface area contributed by atoms with Crippen LogP contribution < -0.4 is 4.74 Å². The second-order valence-electron chi connectivity index (χ2n) is 7.21. The molecule has 0 aliphatic heterocycles. The van der Waals surface area contributed by atoms with Crippen molar-refractivity contribution in [2.24, 2.45) is 0 Å². The molecule has 0 saturated carbocycles. The van der Waals surface area contributed by atoms with Crippen molar-refractivity contribution in [2.45, 2.75) is 44.6 Å². The molecule has 0 spiro atoms. The number of benzene rings is 2. The van der Waals surface area contributed by atoms with Gasteiger partial charge in [0.15, 0.2) is 5.75 Å². The maximum absolute atomic E-state index is 12.8. The van der Waals surface area contributed by atoms with Gasteiger partial charge in [0.05, 0.1) is 5.56 Å². The molecule has 159 valence electrons.